The number of carbonyl (C=O) groups is 1. The molecule has 0 unspecified atom stereocenters. The Hall–Kier alpha value is -1.24. The molecule has 0 saturated carbocycles. The molecular weight excluding hydrogens is 448 g/mol. The highest BCUT2D eigenvalue weighted by Gasteiger charge is 2.08. The Kier molecular flexibility index (Phi) is 6.33. The molecule has 3 nitrogen and oxygen atoms in total. The Bertz CT molecular complexity index is 775. The SMILES string of the molecule is COc1c(Cl)cc(Cl)cc1/C=C/C(=O)Nc1ccc(I)cc1C. The van der Waals surface area contributed by atoms with Crippen molar-refractivity contribution in [3.8, 4) is 5.75 Å². The topological polar surface area (TPSA) is 38.3 Å². The van der Waals surface area contributed by atoms with Gasteiger partial charge < -0.3 is 10.1 Å². The maximum Gasteiger partial charge on any atom is 0.248 e. The quantitative estimate of drug-likeness (QED) is 0.477. The van der Waals surface area contributed by atoms with Crippen LogP contribution in [0.3, 0.4) is 0 Å². The average Bonchev–Trinajstić information content (AvgIpc) is 2.47. The van der Waals surface area contributed by atoms with Gasteiger partial charge in [-0.15, -0.1) is 0 Å². The van der Waals surface area contributed by atoms with E-state index in [0.29, 0.717) is 21.4 Å². The summed E-state index contributed by atoms with van der Waals surface area (Å²) in [6.07, 6.45) is 3.04. The third-order valence-electron chi connectivity index (χ3n) is 3.10. The predicted molar refractivity (Wildman–Crippen MR) is 105 cm³/mol. The van der Waals surface area contributed by atoms with Gasteiger partial charge >= 0.3 is 0 Å². The van der Waals surface area contributed by atoms with Gasteiger partial charge in [-0.1, -0.05) is 23.2 Å². The van der Waals surface area contributed by atoms with Crippen molar-refractivity contribution in [1.29, 1.82) is 0 Å². The molecule has 2 aromatic carbocycles. The number of anilines is 1. The van der Waals surface area contributed by atoms with Crippen LogP contribution in [-0.4, -0.2) is 13.0 Å². The number of amides is 1. The van der Waals surface area contributed by atoms with Crippen LogP contribution >= 0.6 is 45.8 Å². The zero-order valence-corrected chi connectivity index (χ0v) is 16.2. The monoisotopic (exact) mass is 461 g/mol. The highest BCUT2D eigenvalue weighted by molar-refractivity contribution is 14.1. The number of carbonyl (C=O) groups excluding carboxylic acids is 1. The van der Waals surface area contributed by atoms with Gasteiger partial charge in [-0.05, 0) is 71.5 Å². The van der Waals surface area contributed by atoms with Crippen molar-refractivity contribution in [2.24, 2.45) is 0 Å². The number of halogens is 3. The van der Waals surface area contributed by atoms with Crippen LogP contribution in [0.2, 0.25) is 10.0 Å². The van der Waals surface area contributed by atoms with E-state index in [0.717, 1.165) is 14.8 Å². The van der Waals surface area contributed by atoms with E-state index in [-0.39, 0.29) is 5.91 Å². The molecule has 1 amide bonds. The summed E-state index contributed by atoms with van der Waals surface area (Å²) in [6, 6.07) is 9.09. The number of aryl methyl sites for hydroxylation is 1. The number of nitrogens with one attached hydrogen (secondary N) is 1. The summed E-state index contributed by atoms with van der Waals surface area (Å²) in [5, 5.41) is 3.71. The molecule has 0 aliphatic heterocycles. The summed E-state index contributed by atoms with van der Waals surface area (Å²) in [5.41, 5.74) is 2.41. The van der Waals surface area contributed by atoms with Crippen LogP contribution in [0.4, 0.5) is 5.69 Å². The van der Waals surface area contributed by atoms with Gasteiger partial charge in [-0.25, -0.2) is 0 Å². The van der Waals surface area contributed by atoms with Crippen LogP contribution in [0.15, 0.2) is 36.4 Å². The molecule has 0 bridgehead atoms. The number of hydrogen-bond acceptors (Lipinski definition) is 2. The minimum atomic E-state index is -0.243. The lowest BCUT2D eigenvalue weighted by Gasteiger charge is -2.08. The van der Waals surface area contributed by atoms with E-state index in [2.05, 4.69) is 27.9 Å². The van der Waals surface area contributed by atoms with Crippen molar-refractivity contribution in [1.82, 2.24) is 0 Å². The van der Waals surface area contributed by atoms with E-state index in [1.165, 1.54) is 13.2 Å². The van der Waals surface area contributed by atoms with E-state index in [1.54, 1.807) is 18.2 Å². The Balaban J connectivity index is 2.18. The normalized spacial score (nSPS) is 10.8. The molecule has 0 aliphatic rings. The molecule has 6 heteroatoms. The predicted octanol–water partition coefficient (Wildman–Crippen LogP) is 5.57. The fraction of sp³-hybridized carbons (Fsp3) is 0.118. The molecule has 0 saturated heterocycles. The average molecular weight is 462 g/mol. The molecule has 0 fully saturated rings. The first-order chi connectivity index (χ1) is 10.9. The third kappa shape index (κ3) is 4.86. The molecule has 0 aromatic heterocycles. The lowest BCUT2D eigenvalue weighted by Crippen LogP contribution is -2.09. The summed E-state index contributed by atoms with van der Waals surface area (Å²) in [5.74, 6) is 0.234. The first kappa shape index (κ1) is 18.1. The van der Waals surface area contributed by atoms with Gasteiger partial charge in [-0.2, -0.15) is 0 Å². The molecule has 2 rings (SSSR count). The largest absolute Gasteiger partial charge is 0.495 e. The van der Waals surface area contributed by atoms with Crippen molar-refractivity contribution in [2.75, 3.05) is 12.4 Å². The Morgan fingerprint density at radius 2 is 2.00 bits per heavy atom. The number of benzene rings is 2. The second kappa shape index (κ2) is 8.04. The minimum Gasteiger partial charge on any atom is -0.495 e. The van der Waals surface area contributed by atoms with Crippen molar-refractivity contribution in [2.45, 2.75) is 6.92 Å². The van der Waals surface area contributed by atoms with Gasteiger partial charge in [0.1, 0.15) is 5.75 Å². The molecular formula is C17H14Cl2INO2. The minimum absolute atomic E-state index is 0.243. The van der Waals surface area contributed by atoms with Crippen molar-refractivity contribution < 1.29 is 9.53 Å². The van der Waals surface area contributed by atoms with E-state index >= 15 is 0 Å². The first-order valence-corrected chi connectivity index (χ1v) is 8.52. The zero-order valence-electron chi connectivity index (χ0n) is 12.5. The van der Waals surface area contributed by atoms with Gasteiger partial charge in [0, 0.05) is 25.9 Å². The zero-order chi connectivity index (χ0) is 17.0. The summed E-state index contributed by atoms with van der Waals surface area (Å²) in [4.78, 5) is 12.1. The smallest absolute Gasteiger partial charge is 0.248 e. The Morgan fingerprint density at radius 3 is 2.65 bits per heavy atom. The molecule has 120 valence electrons. The second-order valence-electron chi connectivity index (χ2n) is 4.79. The van der Waals surface area contributed by atoms with E-state index < -0.39 is 0 Å². The summed E-state index contributed by atoms with van der Waals surface area (Å²) in [7, 11) is 1.52. The summed E-state index contributed by atoms with van der Waals surface area (Å²) >= 11 is 14.3. The lowest BCUT2D eigenvalue weighted by atomic mass is 10.1. The fourth-order valence-corrected chi connectivity index (χ4v) is 3.26. The van der Waals surface area contributed by atoms with Gasteiger partial charge in [-0.3, -0.25) is 4.79 Å². The van der Waals surface area contributed by atoms with Crippen LogP contribution < -0.4 is 10.1 Å². The van der Waals surface area contributed by atoms with E-state index in [9.17, 15) is 4.79 Å². The summed E-state index contributed by atoms with van der Waals surface area (Å²) < 4.78 is 6.36. The van der Waals surface area contributed by atoms with Crippen LogP contribution in [0, 0.1) is 10.5 Å². The van der Waals surface area contributed by atoms with Gasteiger partial charge in [0.2, 0.25) is 5.91 Å². The van der Waals surface area contributed by atoms with Crippen LogP contribution in [0.5, 0.6) is 5.75 Å². The van der Waals surface area contributed by atoms with Gasteiger partial charge in [0.25, 0.3) is 0 Å². The lowest BCUT2D eigenvalue weighted by molar-refractivity contribution is -0.111. The molecule has 0 radical (unpaired) electrons. The van der Waals surface area contributed by atoms with Crippen molar-refractivity contribution in [3.63, 3.8) is 0 Å². The van der Waals surface area contributed by atoms with Crippen LogP contribution in [0.25, 0.3) is 6.08 Å². The van der Waals surface area contributed by atoms with Crippen molar-refractivity contribution >= 4 is 63.5 Å². The van der Waals surface area contributed by atoms with Crippen molar-refractivity contribution in [3.05, 3.63) is 61.2 Å². The summed E-state index contributed by atoms with van der Waals surface area (Å²) in [6.45, 7) is 1.95. The van der Waals surface area contributed by atoms with Crippen LogP contribution in [-0.2, 0) is 4.79 Å². The standard InChI is InChI=1S/C17H14Cl2INO2/c1-10-7-13(20)4-5-15(10)21-16(22)6-3-11-8-12(18)9-14(19)17(11)23-2/h3-9H,1-2H3,(H,21,22)/b6-3+. The van der Waals surface area contributed by atoms with E-state index in [1.807, 2.05) is 25.1 Å². The highest BCUT2D eigenvalue weighted by atomic mass is 127. The van der Waals surface area contributed by atoms with E-state index in [4.69, 9.17) is 27.9 Å². The molecule has 2 aromatic rings. The molecule has 0 heterocycles. The maximum absolute atomic E-state index is 12.1. The molecule has 23 heavy (non-hydrogen) atoms. The highest BCUT2D eigenvalue weighted by Crippen LogP contribution is 2.33. The number of rotatable bonds is 4. The van der Waals surface area contributed by atoms with Crippen LogP contribution in [0.1, 0.15) is 11.1 Å². The molecule has 0 atom stereocenters. The number of ether oxygens (including phenoxy) is 1. The van der Waals surface area contributed by atoms with Gasteiger partial charge in [0.05, 0.1) is 12.1 Å². The maximum atomic E-state index is 12.1. The Morgan fingerprint density at radius 1 is 1.26 bits per heavy atom. The molecule has 1 N–H and O–H groups in total. The van der Waals surface area contributed by atoms with Gasteiger partial charge in [0.15, 0.2) is 0 Å². The third-order valence-corrected chi connectivity index (χ3v) is 4.27. The second-order valence-corrected chi connectivity index (χ2v) is 6.88. The number of methoxy groups -OCH3 is 1. The molecule has 0 spiro atoms. The Labute approximate surface area is 158 Å². The fourth-order valence-electron chi connectivity index (χ4n) is 2.03. The first-order valence-electron chi connectivity index (χ1n) is 6.69. The number of hydrogen-bond donors (Lipinski definition) is 1. The molecule has 0 aliphatic carbocycles.